The molecule has 0 unspecified atom stereocenters. The number of aliphatic hydroxyl groups is 3. The molecule has 3 rings (SSSR count). The van der Waals surface area contributed by atoms with Gasteiger partial charge in [-0.15, -0.1) is 0 Å². The number of carbonyl (C=O) groups is 1. The van der Waals surface area contributed by atoms with Crippen LogP contribution in [0.25, 0.3) is 11.1 Å². The molecule has 0 aliphatic rings. The van der Waals surface area contributed by atoms with Gasteiger partial charge in [0, 0.05) is 18.3 Å². The number of pyridine rings is 1. The number of aromatic nitrogens is 2. The van der Waals surface area contributed by atoms with Gasteiger partial charge in [-0.2, -0.15) is 0 Å². The Morgan fingerprint density at radius 3 is 2.44 bits per heavy atom. The SMILES string of the molecule is Cc1cccc([C@@H](C)Oc2cc3oc(=O)n(CCC(=O)O)c3cc2Cl)n1.NC(CO)(CO)CO. The number of fused-ring (bicyclic) bond motifs is 1. The van der Waals surface area contributed by atoms with Gasteiger partial charge in [0.15, 0.2) is 5.58 Å². The Morgan fingerprint density at radius 1 is 1.26 bits per heavy atom. The molecule has 0 aliphatic heterocycles. The summed E-state index contributed by atoms with van der Waals surface area (Å²) in [5.41, 5.74) is 6.27. The van der Waals surface area contributed by atoms with Crippen LogP contribution in [0.5, 0.6) is 5.75 Å². The lowest BCUT2D eigenvalue weighted by Crippen LogP contribution is -2.50. The molecule has 0 saturated carbocycles. The summed E-state index contributed by atoms with van der Waals surface area (Å²) in [5, 5.41) is 34.1. The van der Waals surface area contributed by atoms with Crippen molar-refractivity contribution in [3.63, 3.8) is 0 Å². The Hall–Kier alpha value is -2.96. The van der Waals surface area contributed by atoms with Crippen LogP contribution >= 0.6 is 11.6 Å². The summed E-state index contributed by atoms with van der Waals surface area (Å²) in [6, 6.07) is 8.71. The van der Waals surface area contributed by atoms with Crippen molar-refractivity contribution in [2.75, 3.05) is 19.8 Å². The summed E-state index contributed by atoms with van der Waals surface area (Å²) in [4.78, 5) is 27.1. The van der Waals surface area contributed by atoms with E-state index in [-0.39, 0.29) is 24.7 Å². The maximum absolute atomic E-state index is 12.0. The van der Waals surface area contributed by atoms with E-state index in [1.807, 2.05) is 32.0 Å². The molecule has 34 heavy (non-hydrogen) atoms. The Labute approximate surface area is 200 Å². The number of oxazole rings is 1. The van der Waals surface area contributed by atoms with Gasteiger partial charge < -0.3 is 35.3 Å². The molecule has 1 aromatic carbocycles. The monoisotopic (exact) mass is 497 g/mol. The number of hydrogen-bond donors (Lipinski definition) is 5. The summed E-state index contributed by atoms with van der Waals surface area (Å²) in [6.07, 6.45) is -0.550. The molecule has 0 saturated heterocycles. The van der Waals surface area contributed by atoms with Crippen molar-refractivity contribution in [1.29, 1.82) is 0 Å². The van der Waals surface area contributed by atoms with Gasteiger partial charge in [-0.1, -0.05) is 17.7 Å². The zero-order valence-electron chi connectivity index (χ0n) is 18.8. The van der Waals surface area contributed by atoms with Crippen LogP contribution in [-0.4, -0.2) is 61.3 Å². The van der Waals surface area contributed by atoms with Gasteiger partial charge in [-0.05, 0) is 32.0 Å². The van der Waals surface area contributed by atoms with Gasteiger partial charge in [-0.3, -0.25) is 14.3 Å². The minimum absolute atomic E-state index is 0.00130. The van der Waals surface area contributed by atoms with E-state index >= 15 is 0 Å². The third kappa shape index (κ3) is 7.02. The van der Waals surface area contributed by atoms with Crippen LogP contribution in [0.1, 0.15) is 30.8 Å². The van der Waals surface area contributed by atoms with Crippen LogP contribution < -0.4 is 16.2 Å². The number of benzene rings is 1. The van der Waals surface area contributed by atoms with Gasteiger partial charge in [-0.25, -0.2) is 4.79 Å². The number of hydrogen-bond acceptors (Lipinski definition) is 9. The first-order valence-corrected chi connectivity index (χ1v) is 10.7. The van der Waals surface area contributed by atoms with Gasteiger partial charge in [0.05, 0.1) is 48.0 Å². The molecule has 0 aliphatic carbocycles. The van der Waals surface area contributed by atoms with Gasteiger partial charge >= 0.3 is 11.7 Å². The van der Waals surface area contributed by atoms with Crippen molar-refractivity contribution in [2.45, 2.75) is 38.5 Å². The third-order valence-corrected chi connectivity index (χ3v) is 5.14. The molecule has 11 nitrogen and oxygen atoms in total. The maximum atomic E-state index is 12.0. The van der Waals surface area contributed by atoms with Crippen LogP contribution in [0.4, 0.5) is 0 Å². The Bertz CT molecular complexity index is 1160. The van der Waals surface area contributed by atoms with Gasteiger partial charge in [0.1, 0.15) is 11.9 Å². The molecule has 0 bridgehead atoms. The predicted molar refractivity (Wildman–Crippen MR) is 124 cm³/mol. The Morgan fingerprint density at radius 2 is 1.91 bits per heavy atom. The lowest BCUT2D eigenvalue weighted by atomic mass is 10.1. The van der Waals surface area contributed by atoms with Crippen LogP contribution in [0.2, 0.25) is 5.02 Å². The number of ether oxygens (including phenoxy) is 1. The fraction of sp³-hybridized carbons (Fsp3) is 0.409. The highest BCUT2D eigenvalue weighted by Crippen LogP contribution is 2.33. The summed E-state index contributed by atoms with van der Waals surface area (Å²) in [6.45, 7) is 2.53. The van der Waals surface area contributed by atoms with E-state index in [4.69, 9.17) is 46.9 Å². The Kier molecular flexibility index (Phi) is 9.59. The minimum atomic E-state index is -1.21. The second-order valence-corrected chi connectivity index (χ2v) is 8.12. The zero-order chi connectivity index (χ0) is 25.5. The molecule has 6 N–H and O–H groups in total. The van der Waals surface area contributed by atoms with Gasteiger partial charge in [0.25, 0.3) is 0 Å². The lowest BCUT2D eigenvalue weighted by molar-refractivity contribution is -0.137. The van der Waals surface area contributed by atoms with Crippen molar-refractivity contribution in [3.05, 3.63) is 57.3 Å². The topological polar surface area (TPSA) is 181 Å². The largest absolute Gasteiger partial charge is 0.483 e. The first-order chi connectivity index (χ1) is 16.0. The van der Waals surface area contributed by atoms with Gasteiger partial charge in [0.2, 0.25) is 0 Å². The number of nitrogens with zero attached hydrogens (tertiary/aromatic N) is 2. The molecular formula is C22H28ClN3O8. The number of nitrogens with two attached hydrogens (primary N) is 1. The highest BCUT2D eigenvalue weighted by atomic mass is 35.5. The third-order valence-electron chi connectivity index (χ3n) is 4.85. The zero-order valence-corrected chi connectivity index (χ0v) is 19.5. The summed E-state index contributed by atoms with van der Waals surface area (Å²) < 4.78 is 12.3. The average molecular weight is 498 g/mol. The predicted octanol–water partition coefficient (Wildman–Crippen LogP) is 1.23. The summed E-state index contributed by atoms with van der Waals surface area (Å²) >= 11 is 6.29. The van der Waals surface area contributed by atoms with E-state index in [9.17, 15) is 9.59 Å². The fourth-order valence-electron chi connectivity index (χ4n) is 2.77. The van der Waals surface area contributed by atoms with E-state index in [0.717, 1.165) is 11.4 Å². The quantitative estimate of drug-likeness (QED) is 0.288. The molecule has 2 aromatic heterocycles. The van der Waals surface area contributed by atoms with E-state index in [0.29, 0.717) is 16.3 Å². The second kappa shape index (κ2) is 12.0. The molecule has 186 valence electrons. The molecular weight excluding hydrogens is 470 g/mol. The molecule has 12 heteroatoms. The number of halogens is 1. The Balaban J connectivity index is 0.000000440. The highest BCUT2D eigenvalue weighted by molar-refractivity contribution is 6.32. The van der Waals surface area contributed by atoms with Crippen molar-refractivity contribution < 1.29 is 34.4 Å². The number of carboxylic acid groups (broad SMARTS) is 1. The van der Waals surface area contributed by atoms with E-state index < -0.39 is 37.1 Å². The molecule has 3 aromatic rings. The highest BCUT2D eigenvalue weighted by Gasteiger charge is 2.21. The molecule has 1 atom stereocenters. The van der Waals surface area contributed by atoms with Crippen molar-refractivity contribution in [1.82, 2.24) is 9.55 Å². The van der Waals surface area contributed by atoms with Crippen LogP contribution in [0.3, 0.4) is 0 Å². The van der Waals surface area contributed by atoms with Crippen molar-refractivity contribution in [3.8, 4) is 5.75 Å². The van der Waals surface area contributed by atoms with Crippen LogP contribution in [0.15, 0.2) is 39.5 Å². The lowest BCUT2D eigenvalue weighted by Gasteiger charge is -2.20. The molecule has 0 fully saturated rings. The van der Waals surface area contributed by atoms with E-state index in [2.05, 4.69) is 4.98 Å². The van der Waals surface area contributed by atoms with Crippen LogP contribution in [0, 0.1) is 6.92 Å². The summed E-state index contributed by atoms with van der Waals surface area (Å²) in [7, 11) is 0. The maximum Gasteiger partial charge on any atom is 0.419 e. The number of carboxylic acids is 1. The summed E-state index contributed by atoms with van der Waals surface area (Å²) in [5.74, 6) is -1.28. The number of aliphatic carboxylic acids is 1. The number of rotatable bonds is 9. The molecule has 0 amide bonds. The standard InChI is InChI=1S/C18H17ClN2O5.C4H11NO3/c1-10-4-3-5-13(20-10)11(2)25-15-9-16-14(8-12(15)19)21(18(24)26-16)7-6-17(22)23;5-4(1-6,2-7)3-8/h3-5,8-9,11H,6-7H2,1-2H3,(H,22,23);6-8H,1-3,5H2/t11-;/m1./s1. The fourth-order valence-corrected chi connectivity index (χ4v) is 2.97. The first-order valence-electron chi connectivity index (χ1n) is 10.3. The first kappa shape index (κ1) is 27.3. The van der Waals surface area contributed by atoms with Crippen molar-refractivity contribution in [2.24, 2.45) is 5.73 Å². The number of aryl methyl sites for hydroxylation is 2. The molecule has 0 radical (unpaired) electrons. The van der Waals surface area contributed by atoms with Crippen molar-refractivity contribution >= 4 is 28.7 Å². The molecule has 2 heterocycles. The van der Waals surface area contributed by atoms with E-state index in [1.54, 1.807) is 0 Å². The smallest absolute Gasteiger partial charge is 0.419 e. The minimum Gasteiger partial charge on any atom is -0.483 e. The average Bonchev–Trinajstić information content (AvgIpc) is 3.11. The normalized spacial score (nSPS) is 12.2. The number of aliphatic hydroxyl groups excluding tert-OH is 3. The molecule has 0 spiro atoms. The van der Waals surface area contributed by atoms with E-state index in [1.165, 1.54) is 16.7 Å². The second-order valence-electron chi connectivity index (χ2n) is 7.71. The van der Waals surface area contributed by atoms with Crippen LogP contribution in [-0.2, 0) is 11.3 Å².